The number of carbonyl (C=O) groups is 1. The maximum atomic E-state index is 13.9. The van der Waals surface area contributed by atoms with Crippen molar-refractivity contribution in [3.8, 4) is 0 Å². The van der Waals surface area contributed by atoms with Crippen LogP contribution in [0.15, 0.2) is 34.8 Å². The molecule has 2 aromatic rings. The van der Waals surface area contributed by atoms with Crippen molar-refractivity contribution in [3.05, 3.63) is 55.6 Å². The number of hydrogen-bond donors (Lipinski definition) is 2. The molecule has 0 aliphatic heterocycles. The number of aromatic carboxylic acids is 1. The Hall–Kier alpha value is -1.22. The van der Waals surface area contributed by atoms with Gasteiger partial charge in [0.15, 0.2) is 11.6 Å². The van der Waals surface area contributed by atoms with E-state index >= 15 is 0 Å². The highest BCUT2D eigenvalue weighted by Gasteiger charge is 2.21. The molecule has 0 aliphatic carbocycles. The van der Waals surface area contributed by atoms with E-state index in [4.69, 9.17) is 5.11 Å². The predicted molar refractivity (Wildman–Crippen MR) is 83.5 cm³/mol. The topological polar surface area (TPSA) is 49.3 Å². The third-order valence-electron chi connectivity index (χ3n) is 2.51. The molecule has 0 heterocycles. The number of carboxylic acids is 1. The second-order valence-electron chi connectivity index (χ2n) is 3.85. The Morgan fingerprint density at radius 1 is 1.20 bits per heavy atom. The molecule has 0 unspecified atom stereocenters. The van der Waals surface area contributed by atoms with Gasteiger partial charge in [-0.3, -0.25) is 0 Å². The average molecular weight is 454 g/mol. The van der Waals surface area contributed by atoms with Crippen molar-refractivity contribution in [2.75, 3.05) is 5.32 Å². The second-order valence-corrected chi connectivity index (χ2v) is 5.95. The standard InChI is InChI=1S/C13H7BrF2INO2/c14-9-5-8(13(19)20)12(11(16)10(9)15)18-7-3-1-6(17)2-4-7/h1-5,18H,(H,19,20). The molecule has 0 bridgehead atoms. The number of nitrogens with one attached hydrogen (secondary N) is 1. The lowest BCUT2D eigenvalue weighted by atomic mass is 10.1. The summed E-state index contributed by atoms with van der Waals surface area (Å²) in [5, 5.41) is 11.7. The Balaban J connectivity index is 2.52. The summed E-state index contributed by atoms with van der Waals surface area (Å²) >= 11 is 4.89. The van der Waals surface area contributed by atoms with Gasteiger partial charge in [0.1, 0.15) is 0 Å². The van der Waals surface area contributed by atoms with Crippen molar-refractivity contribution in [1.82, 2.24) is 0 Å². The zero-order valence-electron chi connectivity index (χ0n) is 9.75. The van der Waals surface area contributed by atoms with Crippen LogP contribution in [-0.2, 0) is 0 Å². The molecule has 2 N–H and O–H groups in total. The van der Waals surface area contributed by atoms with Crippen molar-refractivity contribution in [2.24, 2.45) is 0 Å². The van der Waals surface area contributed by atoms with Gasteiger partial charge in [0.25, 0.3) is 0 Å². The van der Waals surface area contributed by atoms with E-state index < -0.39 is 23.3 Å². The molecule has 7 heteroatoms. The summed E-state index contributed by atoms with van der Waals surface area (Å²) in [5.74, 6) is -3.73. The number of benzene rings is 2. The lowest BCUT2D eigenvalue weighted by Crippen LogP contribution is -2.07. The van der Waals surface area contributed by atoms with Crippen LogP contribution in [0.5, 0.6) is 0 Å². The SMILES string of the molecule is O=C(O)c1cc(Br)c(F)c(F)c1Nc1ccc(I)cc1. The molecular weight excluding hydrogens is 447 g/mol. The molecule has 0 fully saturated rings. The lowest BCUT2D eigenvalue weighted by Gasteiger charge is -2.12. The first-order valence-electron chi connectivity index (χ1n) is 5.33. The van der Waals surface area contributed by atoms with Crippen LogP contribution < -0.4 is 5.32 Å². The molecule has 0 radical (unpaired) electrons. The quantitative estimate of drug-likeness (QED) is 0.519. The van der Waals surface area contributed by atoms with Crippen LogP contribution in [-0.4, -0.2) is 11.1 Å². The fourth-order valence-electron chi connectivity index (χ4n) is 1.56. The van der Waals surface area contributed by atoms with Gasteiger partial charge in [0.2, 0.25) is 0 Å². The molecule has 2 aromatic carbocycles. The van der Waals surface area contributed by atoms with Gasteiger partial charge in [0, 0.05) is 9.26 Å². The number of anilines is 2. The van der Waals surface area contributed by atoms with Crippen LogP contribution >= 0.6 is 38.5 Å². The maximum Gasteiger partial charge on any atom is 0.337 e. The fraction of sp³-hybridized carbons (Fsp3) is 0. The van der Waals surface area contributed by atoms with Crippen molar-refractivity contribution >= 4 is 55.9 Å². The van der Waals surface area contributed by atoms with Crippen molar-refractivity contribution in [2.45, 2.75) is 0 Å². The Labute approximate surface area is 135 Å². The molecule has 0 amide bonds. The Bertz CT molecular complexity index is 677. The summed E-state index contributed by atoms with van der Waals surface area (Å²) in [6, 6.07) is 7.84. The van der Waals surface area contributed by atoms with Gasteiger partial charge in [0.05, 0.1) is 15.7 Å². The highest BCUT2D eigenvalue weighted by atomic mass is 127. The van der Waals surface area contributed by atoms with Gasteiger partial charge in [-0.15, -0.1) is 0 Å². The molecule has 0 spiro atoms. The summed E-state index contributed by atoms with van der Waals surface area (Å²) in [4.78, 5) is 11.1. The molecular formula is C13H7BrF2INO2. The second kappa shape index (κ2) is 6.04. The van der Waals surface area contributed by atoms with Crippen molar-refractivity contribution in [3.63, 3.8) is 0 Å². The summed E-state index contributed by atoms with van der Waals surface area (Å²) in [7, 11) is 0. The number of rotatable bonds is 3. The summed E-state index contributed by atoms with van der Waals surface area (Å²) in [6.45, 7) is 0. The van der Waals surface area contributed by atoms with Gasteiger partial charge in [-0.05, 0) is 68.9 Å². The zero-order valence-corrected chi connectivity index (χ0v) is 13.5. The van der Waals surface area contributed by atoms with E-state index in [-0.39, 0.29) is 10.0 Å². The highest BCUT2D eigenvalue weighted by Crippen LogP contribution is 2.31. The van der Waals surface area contributed by atoms with Gasteiger partial charge in [-0.25, -0.2) is 13.6 Å². The largest absolute Gasteiger partial charge is 0.478 e. The van der Waals surface area contributed by atoms with E-state index in [1.54, 1.807) is 24.3 Å². The monoisotopic (exact) mass is 453 g/mol. The van der Waals surface area contributed by atoms with Crippen LogP contribution in [0.3, 0.4) is 0 Å². The molecule has 0 atom stereocenters. The average Bonchev–Trinajstić information content (AvgIpc) is 2.41. The van der Waals surface area contributed by atoms with Crippen LogP contribution in [0.2, 0.25) is 0 Å². The van der Waals surface area contributed by atoms with Crippen LogP contribution in [0, 0.1) is 15.2 Å². The first-order chi connectivity index (χ1) is 9.40. The molecule has 0 aromatic heterocycles. The van der Waals surface area contributed by atoms with Gasteiger partial charge in [-0.2, -0.15) is 0 Å². The minimum Gasteiger partial charge on any atom is -0.478 e. The van der Waals surface area contributed by atoms with E-state index in [0.29, 0.717) is 5.69 Å². The normalized spacial score (nSPS) is 10.4. The lowest BCUT2D eigenvalue weighted by molar-refractivity contribution is 0.0697. The van der Waals surface area contributed by atoms with Gasteiger partial charge < -0.3 is 10.4 Å². The summed E-state index contributed by atoms with van der Waals surface area (Å²) in [5.41, 5.74) is -0.290. The van der Waals surface area contributed by atoms with Gasteiger partial charge >= 0.3 is 5.97 Å². The van der Waals surface area contributed by atoms with Crippen LogP contribution in [0.1, 0.15) is 10.4 Å². The summed E-state index contributed by atoms with van der Waals surface area (Å²) in [6.07, 6.45) is 0. The Morgan fingerprint density at radius 2 is 1.80 bits per heavy atom. The number of carboxylic acid groups (broad SMARTS) is 1. The number of halogens is 4. The number of hydrogen-bond acceptors (Lipinski definition) is 2. The third kappa shape index (κ3) is 3.09. The summed E-state index contributed by atoms with van der Waals surface area (Å²) < 4.78 is 28.2. The third-order valence-corrected chi connectivity index (χ3v) is 3.80. The van der Waals surface area contributed by atoms with E-state index in [1.165, 1.54) is 0 Å². The van der Waals surface area contributed by atoms with E-state index in [2.05, 4.69) is 43.8 Å². The van der Waals surface area contributed by atoms with E-state index in [1.807, 2.05) is 0 Å². The minimum atomic E-state index is -1.35. The minimum absolute atomic E-state index is 0.236. The molecule has 3 nitrogen and oxygen atoms in total. The zero-order chi connectivity index (χ0) is 14.9. The molecule has 104 valence electrons. The van der Waals surface area contributed by atoms with Crippen LogP contribution in [0.25, 0.3) is 0 Å². The molecule has 20 heavy (non-hydrogen) atoms. The smallest absolute Gasteiger partial charge is 0.337 e. The van der Waals surface area contributed by atoms with E-state index in [9.17, 15) is 13.6 Å². The molecule has 2 rings (SSSR count). The first-order valence-corrected chi connectivity index (χ1v) is 7.20. The van der Waals surface area contributed by atoms with Crippen LogP contribution in [0.4, 0.5) is 20.2 Å². The van der Waals surface area contributed by atoms with E-state index in [0.717, 1.165) is 9.64 Å². The van der Waals surface area contributed by atoms with Crippen molar-refractivity contribution < 1.29 is 18.7 Å². The molecule has 0 aliphatic rings. The predicted octanol–water partition coefficient (Wildman–Crippen LogP) is 4.77. The first kappa shape index (κ1) is 15.2. The Morgan fingerprint density at radius 3 is 2.35 bits per heavy atom. The Kier molecular flexibility index (Phi) is 4.59. The van der Waals surface area contributed by atoms with Gasteiger partial charge in [-0.1, -0.05) is 0 Å². The van der Waals surface area contributed by atoms with Crippen molar-refractivity contribution in [1.29, 1.82) is 0 Å². The highest BCUT2D eigenvalue weighted by molar-refractivity contribution is 14.1. The fourth-order valence-corrected chi connectivity index (χ4v) is 2.33. The molecule has 0 saturated heterocycles. The molecule has 0 saturated carbocycles. The maximum absolute atomic E-state index is 13.9.